The average Bonchev–Trinajstić information content (AvgIpc) is 2.46. The zero-order valence-corrected chi connectivity index (χ0v) is 11.1. The molecular formula is C11H23N3OS. The quantitative estimate of drug-likeness (QED) is 0.724. The fourth-order valence-electron chi connectivity index (χ4n) is 1.87. The number of amides is 1. The zero-order valence-electron chi connectivity index (χ0n) is 10.3. The molecule has 16 heavy (non-hydrogen) atoms. The van der Waals surface area contributed by atoms with Crippen molar-refractivity contribution in [1.29, 1.82) is 0 Å². The predicted molar refractivity (Wildman–Crippen MR) is 69.9 cm³/mol. The molecule has 1 atom stereocenters. The van der Waals surface area contributed by atoms with Gasteiger partial charge in [-0.15, -0.1) is 0 Å². The molecule has 0 bridgehead atoms. The van der Waals surface area contributed by atoms with E-state index in [-0.39, 0.29) is 11.9 Å². The van der Waals surface area contributed by atoms with E-state index >= 15 is 0 Å². The molecule has 1 saturated heterocycles. The van der Waals surface area contributed by atoms with E-state index in [0.717, 1.165) is 38.4 Å². The van der Waals surface area contributed by atoms with E-state index in [9.17, 15) is 4.79 Å². The molecule has 0 aromatic heterocycles. The number of nitrogens with zero attached hydrogens (tertiary/aromatic N) is 1. The Morgan fingerprint density at radius 2 is 2.31 bits per heavy atom. The van der Waals surface area contributed by atoms with E-state index in [1.54, 1.807) is 11.8 Å². The number of nitrogens with one attached hydrogen (secondary N) is 2. The predicted octanol–water partition coefficient (Wildman–Crippen LogP) is 0.149. The van der Waals surface area contributed by atoms with Gasteiger partial charge in [0.25, 0.3) is 0 Å². The van der Waals surface area contributed by atoms with Crippen LogP contribution in [0.1, 0.15) is 13.3 Å². The van der Waals surface area contributed by atoms with E-state index in [0.29, 0.717) is 6.54 Å². The highest BCUT2D eigenvalue weighted by molar-refractivity contribution is 7.98. The monoisotopic (exact) mass is 245 g/mol. The van der Waals surface area contributed by atoms with Gasteiger partial charge in [-0.05, 0) is 32.7 Å². The Morgan fingerprint density at radius 1 is 1.50 bits per heavy atom. The first-order valence-electron chi connectivity index (χ1n) is 5.93. The Balaban J connectivity index is 2.21. The first-order chi connectivity index (χ1) is 7.72. The Morgan fingerprint density at radius 3 is 3.06 bits per heavy atom. The fraction of sp³-hybridized carbons (Fsp3) is 0.909. The molecule has 94 valence electrons. The number of hydrogen-bond donors (Lipinski definition) is 2. The number of rotatable bonds is 5. The van der Waals surface area contributed by atoms with Gasteiger partial charge in [0.15, 0.2) is 0 Å². The molecule has 0 spiro atoms. The van der Waals surface area contributed by atoms with Gasteiger partial charge in [0.05, 0.1) is 6.54 Å². The van der Waals surface area contributed by atoms with Crippen molar-refractivity contribution >= 4 is 17.7 Å². The van der Waals surface area contributed by atoms with Crippen LogP contribution in [0.5, 0.6) is 0 Å². The van der Waals surface area contributed by atoms with E-state index in [2.05, 4.69) is 28.7 Å². The van der Waals surface area contributed by atoms with Crippen LogP contribution in [-0.2, 0) is 4.79 Å². The molecule has 1 aliphatic rings. The Hall–Kier alpha value is -0.260. The van der Waals surface area contributed by atoms with Crippen LogP contribution in [-0.4, -0.2) is 61.6 Å². The molecule has 1 rings (SSSR count). The Labute approximate surface area is 103 Å². The minimum Gasteiger partial charge on any atom is -0.352 e. The summed E-state index contributed by atoms with van der Waals surface area (Å²) in [6.07, 6.45) is 3.19. The third-order valence-corrected chi connectivity index (χ3v) is 3.46. The van der Waals surface area contributed by atoms with Crippen LogP contribution < -0.4 is 10.6 Å². The Bertz CT molecular complexity index is 205. The molecule has 0 saturated carbocycles. The second-order valence-electron chi connectivity index (χ2n) is 4.30. The molecule has 1 aliphatic heterocycles. The molecule has 1 fully saturated rings. The van der Waals surface area contributed by atoms with Gasteiger partial charge in [0, 0.05) is 24.9 Å². The van der Waals surface area contributed by atoms with Crippen LogP contribution >= 0.6 is 11.8 Å². The maximum absolute atomic E-state index is 11.7. The number of carbonyl (C=O) groups is 1. The first-order valence-corrected chi connectivity index (χ1v) is 7.33. The summed E-state index contributed by atoms with van der Waals surface area (Å²) in [5.74, 6) is 1.14. The molecule has 5 heteroatoms. The van der Waals surface area contributed by atoms with Gasteiger partial charge in [-0.25, -0.2) is 0 Å². The topological polar surface area (TPSA) is 44.4 Å². The lowest BCUT2D eigenvalue weighted by molar-refractivity contribution is -0.122. The molecule has 1 unspecified atom stereocenters. The molecule has 4 nitrogen and oxygen atoms in total. The van der Waals surface area contributed by atoms with Gasteiger partial charge in [-0.3, -0.25) is 9.69 Å². The summed E-state index contributed by atoms with van der Waals surface area (Å²) < 4.78 is 0. The summed E-state index contributed by atoms with van der Waals surface area (Å²) in [4.78, 5) is 13.9. The van der Waals surface area contributed by atoms with Crippen LogP contribution in [0.3, 0.4) is 0 Å². The van der Waals surface area contributed by atoms with Gasteiger partial charge >= 0.3 is 0 Å². The van der Waals surface area contributed by atoms with E-state index in [1.165, 1.54) is 0 Å². The van der Waals surface area contributed by atoms with Gasteiger partial charge in [-0.2, -0.15) is 11.8 Å². The maximum Gasteiger partial charge on any atom is 0.234 e. The van der Waals surface area contributed by atoms with E-state index in [1.807, 2.05) is 0 Å². The van der Waals surface area contributed by atoms with Crippen molar-refractivity contribution in [3.63, 3.8) is 0 Å². The molecular weight excluding hydrogens is 222 g/mol. The van der Waals surface area contributed by atoms with Crippen molar-refractivity contribution in [2.24, 2.45) is 0 Å². The number of hydrogen-bond acceptors (Lipinski definition) is 4. The van der Waals surface area contributed by atoms with Crippen molar-refractivity contribution in [3.05, 3.63) is 0 Å². The largest absolute Gasteiger partial charge is 0.352 e. The average molecular weight is 245 g/mol. The second-order valence-corrected chi connectivity index (χ2v) is 5.21. The van der Waals surface area contributed by atoms with Gasteiger partial charge in [0.2, 0.25) is 5.91 Å². The number of thioether (sulfide) groups is 1. The molecule has 0 aromatic rings. The van der Waals surface area contributed by atoms with Crippen molar-refractivity contribution in [2.45, 2.75) is 19.4 Å². The van der Waals surface area contributed by atoms with Crippen LogP contribution in [0.15, 0.2) is 0 Å². The molecule has 0 aliphatic carbocycles. The third kappa shape index (κ3) is 5.72. The first kappa shape index (κ1) is 13.8. The van der Waals surface area contributed by atoms with Crippen molar-refractivity contribution < 1.29 is 4.79 Å². The van der Waals surface area contributed by atoms with Gasteiger partial charge in [0.1, 0.15) is 0 Å². The fourth-order valence-corrected chi connectivity index (χ4v) is 2.46. The minimum atomic E-state index is 0.156. The lowest BCUT2D eigenvalue weighted by atomic mass is 10.3. The second kappa shape index (κ2) is 7.92. The highest BCUT2D eigenvalue weighted by Gasteiger charge is 2.13. The van der Waals surface area contributed by atoms with Gasteiger partial charge in [-0.1, -0.05) is 0 Å². The van der Waals surface area contributed by atoms with Crippen LogP contribution in [0.4, 0.5) is 0 Å². The molecule has 0 radical (unpaired) electrons. The third-order valence-electron chi connectivity index (χ3n) is 2.62. The smallest absolute Gasteiger partial charge is 0.234 e. The summed E-state index contributed by atoms with van der Waals surface area (Å²) in [6.45, 7) is 6.66. The molecule has 2 N–H and O–H groups in total. The maximum atomic E-state index is 11.7. The minimum absolute atomic E-state index is 0.156. The lowest BCUT2D eigenvalue weighted by Gasteiger charge is -2.20. The highest BCUT2D eigenvalue weighted by Crippen LogP contribution is 1.98. The van der Waals surface area contributed by atoms with Crippen molar-refractivity contribution in [3.8, 4) is 0 Å². The van der Waals surface area contributed by atoms with E-state index < -0.39 is 0 Å². The molecule has 1 heterocycles. The van der Waals surface area contributed by atoms with Crippen LogP contribution in [0, 0.1) is 0 Å². The number of carbonyl (C=O) groups excluding carboxylic acids is 1. The highest BCUT2D eigenvalue weighted by atomic mass is 32.2. The normalized spacial score (nSPS) is 20.1. The Kier molecular flexibility index (Phi) is 6.84. The van der Waals surface area contributed by atoms with Crippen molar-refractivity contribution in [1.82, 2.24) is 15.5 Å². The summed E-state index contributed by atoms with van der Waals surface area (Å²) in [7, 11) is 0. The zero-order chi connectivity index (χ0) is 11.8. The molecule has 0 aromatic carbocycles. The summed E-state index contributed by atoms with van der Waals surface area (Å²) in [5.41, 5.74) is 0. The lowest BCUT2D eigenvalue weighted by Crippen LogP contribution is -2.42. The van der Waals surface area contributed by atoms with Gasteiger partial charge < -0.3 is 10.6 Å². The van der Waals surface area contributed by atoms with E-state index in [4.69, 9.17) is 0 Å². The summed E-state index contributed by atoms with van der Waals surface area (Å²) >= 11 is 1.76. The SMILES string of the molecule is CSCC(C)NC(=O)CN1CCCNCC1. The van der Waals surface area contributed by atoms with Crippen LogP contribution in [0.25, 0.3) is 0 Å². The molecule has 1 amide bonds. The van der Waals surface area contributed by atoms with Crippen LogP contribution in [0.2, 0.25) is 0 Å². The summed E-state index contributed by atoms with van der Waals surface area (Å²) in [5, 5.41) is 6.36. The van der Waals surface area contributed by atoms with Crippen molar-refractivity contribution in [2.75, 3.05) is 44.7 Å². The standard InChI is InChI=1S/C11H23N3OS/c1-10(9-16-2)13-11(15)8-14-6-3-4-12-5-7-14/h10,12H,3-9H2,1-2H3,(H,13,15). The summed E-state index contributed by atoms with van der Waals surface area (Å²) in [6, 6.07) is 0.271.